The Morgan fingerprint density at radius 2 is 2.27 bits per heavy atom. The highest BCUT2D eigenvalue weighted by molar-refractivity contribution is 8.15. The Balaban J connectivity index is 2.59. The minimum Gasteiger partial charge on any atom is -0.452 e. The smallest absolute Gasteiger partial charge is 0.321 e. The Labute approximate surface area is 67.4 Å². The predicted octanol–water partition coefficient (Wildman–Crippen LogP) is -1.73. The molecule has 1 rings (SSSR count). The van der Waals surface area contributed by atoms with E-state index in [4.69, 9.17) is 10.1 Å². The molecule has 3 N–H and O–H groups in total. The molecule has 11 heavy (non-hydrogen) atoms. The number of amides is 2. The van der Waals surface area contributed by atoms with Crippen molar-refractivity contribution in [3.63, 3.8) is 0 Å². The predicted molar refractivity (Wildman–Crippen MR) is 38.9 cm³/mol. The standard InChI is InChI=1S/C4H5BNO4S/c7-2(5-10)1-3(8)6-4(9)11-1/h1-2,7,10H,(H,6,8,9). The molecule has 1 heterocycles. The molecule has 0 spiro atoms. The van der Waals surface area contributed by atoms with Crippen molar-refractivity contribution in [1.29, 1.82) is 0 Å². The summed E-state index contributed by atoms with van der Waals surface area (Å²) in [5.74, 6) is -0.571. The maximum absolute atomic E-state index is 10.7. The number of imide groups is 1. The molecule has 2 unspecified atom stereocenters. The lowest BCUT2D eigenvalue weighted by Gasteiger charge is -2.07. The Bertz CT molecular complexity index is 199. The van der Waals surface area contributed by atoms with Gasteiger partial charge in [0.1, 0.15) is 5.25 Å². The summed E-state index contributed by atoms with van der Waals surface area (Å²) in [6.07, 6.45) is 0. The van der Waals surface area contributed by atoms with Gasteiger partial charge in [0.05, 0.1) is 6.00 Å². The van der Waals surface area contributed by atoms with Crippen molar-refractivity contribution in [1.82, 2.24) is 5.32 Å². The van der Waals surface area contributed by atoms with E-state index in [2.05, 4.69) is 0 Å². The number of hydrogen-bond donors (Lipinski definition) is 3. The maximum Gasteiger partial charge on any atom is 0.321 e. The fraction of sp³-hybridized carbons (Fsp3) is 0.500. The number of carbonyl (C=O) groups excluding carboxylic acids is 2. The molecule has 59 valence electrons. The summed E-state index contributed by atoms with van der Waals surface area (Å²) in [7, 11) is 0.482. The molecule has 1 saturated heterocycles. The number of rotatable bonds is 2. The average molecular weight is 174 g/mol. The van der Waals surface area contributed by atoms with Gasteiger partial charge in [0, 0.05) is 0 Å². The van der Waals surface area contributed by atoms with Crippen molar-refractivity contribution >= 4 is 30.4 Å². The molecule has 1 aliphatic rings. The second-order valence-corrected chi connectivity index (χ2v) is 3.07. The van der Waals surface area contributed by atoms with E-state index < -0.39 is 22.4 Å². The Morgan fingerprint density at radius 1 is 1.64 bits per heavy atom. The van der Waals surface area contributed by atoms with E-state index in [-0.39, 0.29) is 0 Å². The van der Waals surface area contributed by atoms with Crippen LogP contribution in [-0.2, 0) is 4.79 Å². The first-order valence-corrected chi connectivity index (χ1v) is 3.70. The molecule has 1 fully saturated rings. The van der Waals surface area contributed by atoms with E-state index in [0.717, 1.165) is 0 Å². The maximum atomic E-state index is 10.7. The molecule has 2 atom stereocenters. The van der Waals surface area contributed by atoms with Crippen LogP contribution in [0.2, 0.25) is 0 Å². The van der Waals surface area contributed by atoms with Gasteiger partial charge < -0.3 is 10.1 Å². The van der Waals surface area contributed by atoms with E-state index in [0.29, 0.717) is 19.2 Å². The lowest BCUT2D eigenvalue weighted by molar-refractivity contribution is -0.119. The van der Waals surface area contributed by atoms with Crippen molar-refractivity contribution in [3.05, 3.63) is 0 Å². The third kappa shape index (κ3) is 1.73. The molecule has 1 aliphatic heterocycles. The van der Waals surface area contributed by atoms with Gasteiger partial charge in [0.15, 0.2) is 0 Å². The van der Waals surface area contributed by atoms with E-state index >= 15 is 0 Å². The first-order valence-electron chi connectivity index (χ1n) is 2.82. The van der Waals surface area contributed by atoms with Crippen molar-refractivity contribution in [2.75, 3.05) is 0 Å². The third-order valence-corrected chi connectivity index (χ3v) is 2.24. The molecule has 2 amide bonds. The van der Waals surface area contributed by atoms with Gasteiger partial charge >= 0.3 is 7.48 Å². The number of carbonyl (C=O) groups is 2. The molecule has 5 nitrogen and oxygen atoms in total. The Kier molecular flexibility index (Phi) is 2.53. The van der Waals surface area contributed by atoms with E-state index in [1.807, 2.05) is 5.32 Å². The van der Waals surface area contributed by atoms with Crippen molar-refractivity contribution < 1.29 is 19.7 Å². The van der Waals surface area contributed by atoms with Crippen LogP contribution in [-0.4, -0.2) is 40.0 Å². The molecule has 0 bridgehead atoms. The van der Waals surface area contributed by atoms with Crippen LogP contribution in [0.1, 0.15) is 0 Å². The number of thioether (sulfide) groups is 1. The number of nitrogens with one attached hydrogen (secondary N) is 1. The van der Waals surface area contributed by atoms with Crippen molar-refractivity contribution in [2.45, 2.75) is 11.3 Å². The van der Waals surface area contributed by atoms with Gasteiger partial charge in [-0.3, -0.25) is 14.9 Å². The molecule has 0 aromatic carbocycles. The number of aliphatic hydroxyl groups is 1. The zero-order chi connectivity index (χ0) is 8.43. The first-order chi connectivity index (χ1) is 5.15. The monoisotopic (exact) mass is 174 g/mol. The minimum atomic E-state index is -1.29. The molecule has 0 aromatic rings. The zero-order valence-electron chi connectivity index (χ0n) is 5.35. The van der Waals surface area contributed by atoms with E-state index in [9.17, 15) is 9.59 Å². The molecule has 0 saturated carbocycles. The Hall–Kier alpha value is -0.525. The van der Waals surface area contributed by atoms with Crippen molar-refractivity contribution in [2.24, 2.45) is 0 Å². The molecular formula is C4H5BNO4S. The third-order valence-electron chi connectivity index (χ3n) is 1.18. The summed E-state index contributed by atoms with van der Waals surface area (Å²) in [6.45, 7) is 0. The van der Waals surface area contributed by atoms with Crippen molar-refractivity contribution in [3.8, 4) is 0 Å². The Morgan fingerprint density at radius 3 is 2.64 bits per heavy atom. The summed E-state index contributed by atoms with van der Waals surface area (Å²) in [4.78, 5) is 21.2. The second kappa shape index (κ2) is 3.25. The largest absolute Gasteiger partial charge is 0.452 e. The van der Waals surface area contributed by atoms with Crippen LogP contribution in [0.4, 0.5) is 4.79 Å². The van der Waals surface area contributed by atoms with Gasteiger partial charge in [-0.25, -0.2) is 0 Å². The normalized spacial score (nSPS) is 26.5. The van der Waals surface area contributed by atoms with Gasteiger partial charge in [-0.2, -0.15) is 0 Å². The fourth-order valence-electron chi connectivity index (χ4n) is 0.673. The fourth-order valence-corrected chi connectivity index (χ4v) is 1.44. The van der Waals surface area contributed by atoms with Gasteiger partial charge in [-0.05, 0) is 11.8 Å². The van der Waals surface area contributed by atoms with Gasteiger partial charge in [-0.15, -0.1) is 0 Å². The number of hydrogen-bond acceptors (Lipinski definition) is 5. The quantitative estimate of drug-likeness (QED) is 0.433. The van der Waals surface area contributed by atoms with Crippen LogP contribution < -0.4 is 5.32 Å². The van der Waals surface area contributed by atoms with Crippen LogP contribution in [0.25, 0.3) is 0 Å². The summed E-state index contributed by atoms with van der Waals surface area (Å²) < 4.78 is 0. The lowest BCUT2D eigenvalue weighted by Crippen LogP contribution is -2.36. The van der Waals surface area contributed by atoms with Crippen LogP contribution in [0.15, 0.2) is 0 Å². The first kappa shape index (κ1) is 8.57. The summed E-state index contributed by atoms with van der Waals surface area (Å²) >= 11 is 0.666. The van der Waals surface area contributed by atoms with Crippen LogP contribution in [0.3, 0.4) is 0 Å². The lowest BCUT2D eigenvalue weighted by atomic mass is 9.88. The number of aliphatic hydroxyl groups excluding tert-OH is 1. The molecule has 0 aromatic heterocycles. The highest BCUT2D eigenvalue weighted by Crippen LogP contribution is 2.21. The van der Waals surface area contributed by atoms with E-state index in [1.54, 1.807) is 0 Å². The molecule has 7 heteroatoms. The summed E-state index contributed by atoms with van der Waals surface area (Å²) in [5.41, 5.74) is 0. The average Bonchev–Trinajstić information content (AvgIpc) is 2.28. The topological polar surface area (TPSA) is 86.6 Å². The molecule has 0 aliphatic carbocycles. The summed E-state index contributed by atoms with van der Waals surface area (Å²) in [5, 5.41) is 17.8. The SMILES string of the molecule is O=C1NC(=O)C(C(O)[B]O)S1. The second-order valence-electron chi connectivity index (χ2n) is 1.95. The van der Waals surface area contributed by atoms with Gasteiger partial charge in [0.25, 0.3) is 5.24 Å². The van der Waals surface area contributed by atoms with Crippen LogP contribution in [0, 0.1) is 0 Å². The van der Waals surface area contributed by atoms with E-state index in [1.165, 1.54) is 0 Å². The highest BCUT2D eigenvalue weighted by atomic mass is 32.2. The minimum absolute atomic E-state index is 0.482. The van der Waals surface area contributed by atoms with Crippen LogP contribution >= 0.6 is 11.8 Å². The molecule has 1 radical (unpaired) electrons. The summed E-state index contributed by atoms with van der Waals surface area (Å²) in [6, 6.07) is -1.29. The van der Waals surface area contributed by atoms with Gasteiger partial charge in [-0.1, -0.05) is 0 Å². The van der Waals surface area contributed by atoms with Crippen LogP contribution in [0.5, 0.6) is 0 Å². The zero-order valence-corrected chi connectivity index (χ0v) is 6.17. The highest BCUT2D eigenvalue weighted by Gasteiger charge is 2.37. The molecular weight excluding hydrogens is 169 g/mol. The van der Waals surface area contributed by atoms with Gasteiger partial charge in [0.2, 0.25) is 5.91 Å².